The van der Waals surface area contributed by atoms with Crippen molar-refractivity contribution in [2.24, 2.45) is 0 Å². The van der Waals surface area contributed by atoms with E-state index in [-0.39, 0.29) is 18.3 Å². The van der Waals surface area contributed by atoms with E-state index >= 15 is 0 Å². The van der Waals surface area contributed by atoms with Crippen LogP contribution in [0, 0.1) is 11.6 Å². The Kier molecular flexibility index (Phi) is 4.30. The third-order valence-corrected chi connectivity index (χ3v) is 2.76. The molecule has 2 aromatic carbocycles. The monoisotopic (exact) mass is 277 g/mol. The number of anilines is 1. The Morgan fingerprint density at radius 3 is 2.50 bits per heavy atom. The average Bonchev–Trinajstić information content (AvgIpc) is 2.46. The number of para-hydroxylation sites is 1. The number of hydrogen-bond acceptors (Lipinski definition) is 2. The summed E-state index contributed by atoms with van der Waals surface area (Å²) in [5.74, 6) is -2.01. The van der Waals surface area contributed by atoms with Gasteiger partial charge in [-0.3, -0.25) is 4.79 Å². The lowest BCUT2D eigenvalue weighted by atomic mass is 10.3. The van der Waals surface area contributed by atoms with Gasteiger partial charge in [-0.2, -0.15) is 0 Å². The van der Waals surface area contributed by atoms with Crippen LogP contribution in [0.4, 0.5) is 14.5 Å². The van der Waals surface area contributed by atoms with Gasteiger partial charge in [0.2, 0.25) is 0 Å². The Labute approximate surface area is 115 Å². The minimum absolute atomic E-state index is 0.152. The van der Waals surface area contributed by atoms with Crippen molar-refractivity contribution in [3.8, 4) is 5.75 Å². The van der Waals surface area contributed by atoms with Crippen LogP contribution in [0.25, 0.3) is 0 Å². The molecule has 0 unspecified atom stereocenters. The van der Waals surface area contributed by atoms with E-state index in [9.17, 15) is 13.6 Å². The molecule has 2 aromatic rings. The number of rotatable bonds is 4. The van der Waals surface area contributed by atoms with Crippen LogP contribution in [0.2, 0.25) is 0 Å². The Morgan fingerprint density at radius 1 is 1.15 bits per heavy atom. The molecule has 0 aromatic heterocycles. The molecule has 3 nitrogen and oxygen atoms in total. The van der Waals surface area contributed by atoms with Crippen LogP contribution in [-0.2, 0) is 4.79 Å². The van der Waals surface area contributed by atoms with Crippen molar-refractivity contribution in [1.29, 1.82) is 0 Å². The lowest BCUT2D eigenvalue weighted by molar-refractivity contribution is -0.120. The molecule has 0 N–H and O–H groups in total. The second-order valence-electron chi connectivity index (χ2n) is 4.15. The zero-order valence-electron chi connectivity index (χ0n) is 10.8. The molecule has 0 aliphatic carbocycles. The summed E-state index contributed by atoms with van der Waals surface area (Å²) in [6.07, 6.45) is 0. The van der Waals surface area contributed by atoms with Crippen LogP contribution >= 0.6 is 0 Å². The van der Waals surface area contributed by atoms with E-state index in [0.717, 1.165) is 12.1 Å². The largest absolute Gasteiger partial charge is 0.481 e. The first-order valence-electron chi connectivity index (χ1n) is 5.97. The summed E-state index contributed by atoms with van der Waals surface area (Å²) in [5.41, 5.74) is 0.709. The Bertz CT molecular complexity index is 602. The molecule has 104 valence electrons. The molecule has 0 atom stereocenters. The molecule has 0 fully saturated rings. The first-order valence-corrected chi connectivity index (χ1v) is 5.97. The number of halogens is 2. The quantitative estimate of drug-likeness (QED) is 0.859. The fraction of sp³-hybridized carbons (Fsp3) is 0.133. The number of carbonyl (C=O) groups is 1. The van der Waals surface area contributed by atoms with E-state index in [1.54, 1.807) is 31.3 Å². The van der Waals surface area contributed by atoms with Gasteiger partial charge in [0.25, 0.3) is 5.91 Å². The van der Waals surface area contributed by atoms with Crippen molar-refractivity contribution < 1.29 is 18.3 Å². The number of ether oxygens (including phenoxy) is 1. The number of hydrogen-bond donors (Lipinski definition) is 0. The van der Waals surface area contributed by atoms with Gasteiger partial charge in [-0.1, -0.05) is 18.2 Å². The molecule has 0 radical (unpaired) electrons. The Hall–Kier alpha value is -2.43. The standard InChI is InChI=1S/C15H13F2NO2/c1-18(12-5-3-2-4-6-12)15(19)10-20-14-8-7-11(16)9-13(14)17/h2-9H,10H2,1H3. The Morgan fingerprint density at radius 2 is 1.85 bits per heavy atom. The normalized spacial score (nSPS) is 10.2. The van der Waals surface area contributed by atoms with E-state index in [0.29, 0.717) is 11.8 Å². The predicted molar refractivity (Wildman–Crippen MR) is 71.7 cm³/mol. The van der Waals surface area contributed by atoms with Gasteiger partial charge in [0.1, 0.15) is 5.82 Å². The minimum Gasteiger partial charge on any atom is -0.481 e. The first-order chi connectivity index (χ1) is 9.58. The maximum atomic E-state index is 13.3. The molecule has 2 rings (SSSR count). The summed E-state index contributed by atoms with van der Waals surface area (Å²) in [4.78, 5) is 13.3. The molecule has 0 spiro atoms. The second kappa shape index (κ2) is 6.14. The van der Waals surface area contributed by atoms with Crippen molar-refractivity contribution in [2.45, 2.75) is 0 Å². The highest BCUT2D eigenvalue weighted by atomic mass is 19.1. The van der Waals surface area contributed by atoms with Crippen LogP contribution in [0.3, 0.4) is 0 Å². The molecule has 20 heavy (non-hydrogen) atoms. The number of benzene rings is 2. The molecule has 0 saturated carbocycles. The van der Waals surface area contributed by atoms with E-state index in [1.165, 1.54) is 4.90 Å². The lowest BCUT2D eigenvalue weighted by Gasteiger charge is -2.17. The van der Waals surface area contributed by atoms with Gasteiger partial charge in [0.15, 0.2) is 18.2 Å². The zero-order valence-corrected chi connectivity index (χ0v) is 10.8. The first kappa shape index (κ1) is 14.0. The van der Waals surface area contributed by atoms with Crippen LogP contribution < -0.4 is 9.64 Å². The maximum absolute atomic E-state index is 13.3. The molecule has 0 aliphatic heterocycles. The summed E-state index contributed by atoms with van der Waals surface area (Å²) in [6, 6.07) is 11.9. The van der Waals surface area contributed by atoms with Gasteiger partial charge in [0.05, 0.1) is 0 Å². The van der Waals surface area contributed by atoms with Crippen LogP contribution in [0.5, 0.6) is 5.75 Å². The number of amides is 1. The van der Waals surface area contributed by atoms with E-state index in [4.69, 9.17) is 4.74 Å². The smallest absolute Gasteiger partial charge is 0.264 e. The summed E-state index contributed by atoms with van der Waals surface area (Å²) in [7, 11) is 1.60. The lowest BCUT2D eigenvalue weighted by Crippen LogP contribution is -2.31. The highest BCUT2D eigenvalue weighted by molar-refractivity contribution is 5.93. The van der Waals surface area contributed by atoms with Crippen molar-refractivity contribution in [2.75, 3.05) is 18.6 Å². The average molecular weight is 277 g/mol. The van der Waals surface area contributed by atoms with Crippen molar-refractivity contribution in [3.63, 3.8) is 0 Å². The highest BCUT2D eigenvalue weighted by Gasteiger charge is 2.13. The molecule has 0 saturated heterocycles. The number of carbonyl (C=O) groups excluding carboxylic acids is 1. The third-order valence-electron chi connectivity index (χ3n) is 2.76. The fourth-order valence-corrected chi connectivity index (χ4v) is 1.62. The summed E-state index contributed by atoms with van der Waals surface area (Å²) < 4.78 is 31.1. The molecule has 0 aliphatic rings. The third kappa shape index (κ3) is 3.32. The minimum atomic E-state index is -0.833. The van der Waals surface area contributed by atoms with Gasteiger partial charge in [-0.25, -0.2) is 8.78 Å². The fourth-order valence-electron chi connectivity index (χ4n) is 1.62. The SMILES string of the molecule is CN(C(=O)COc1ccc(F)cc1F)c1ccccc1. The van der Waals surface area contributed by atoms with E-state index in [1.807, 2.05) is 6.07 Å². The van der Waals surface area contributed by atoms with Gasteiger partial charge in [-0.15, -0.1) is 0 Å². The number of likely N-dealkylation sites (N-methyl/N-ethyl adjacent to an activating group) is 1. The van der Waals surface area contributed by atoms with E-state index in [2.05, 4.69) is 0 Å². The van der Waals surface area contributed by atoms with E-state index < -0.39 is 11.6 Å². The zero-order chi connectivity index (χ0) is 14.5. The van der Waals surface area contributed by atoms with Gasteiger partial charge in [0, 0.05) is 18.8 Å². The molecule has 0 heterocycles. The molecule has 5 heteroatoms. The number of nitrogens with zero attached hydrogens (tertiary/aromatic N) is 1. The van der Waals surface area contributed by atoms with Crippen molar-refractivity contribution in [3.05, 3.63) is 60.2 Å². The summed E-state index contributed by atoms with van der Waals surface area (Å²) in [5, 5.41) is 0. The van der Waals surface area contributed by atoms with Gasteiger partial charge in [-0.05, 0) is 24.3 Å². The molecule has 1 amide bonds. The predicted octanol–water partition coefficient (Wildman–Crippen LogP) is 3.01. The molecular weight excluding hydrogens is 264 g/mol. The highest BCUT2D eigenvalue weighted by Crippen LogP contribution is 2.18. The van der Waals surface area contributed by atoms with Crippen molar-refractivity contribution >= 4 is 11.6 Å². The van der Waals surface area contributed by atoms with Crippen LogP contribution in [0.15, 0.2) is 48.5 Å². The van der Waals surface area contributed by atoms with Gasteiger partial charge < -0.3 is 9.64 Å². The maximum Gasteiger partial charge on any atom is 0.264 e. The van der Waals surface area contributed by atoms with Gasteiger partial charge >= 0.3 is 0 Å². The summed E-state index contributed by atoms with van der Waals surface area (Å²) >= 11 is 0. The molecular formula is C15H13F2NO2. The second-order valence-corrected chi connectivity index (χ2v) is 4.15. The summed E-state index contributed by atoms with van der Waals surface area (Å²) in [6.45, 7) is -0.325. The van der Waals surface area contributed by atoms with Crippen LogP contribution in [-0.4, -0.2) is 19.6 Å². The van der Waals surface area contributed by atoms with Crippen molar-refractivity contribution in [1.82, 2.24) is 0 Å². The topological polar surface area (TPSA) is 29.5 Å². The molecule has 0 bridgehead atoms. The Balaban J connectivity index is 1.98. The van der Waals surface area contributed by atoms with Crippen LogP contribution in [0.1, 0.15) is 0 Å².